The fourth-order valence-corrected chi connectivity index (χ4v) is 3.32. The van der Waals surface area contributed by atoms with E-state index >= 15 is 0 Å². The second-order valence-corrected chi connectivity index (χ2v) is 7.29. The van der Waals surface area contributed by atoms with Crippen LogP contribution in [0.1, 0.15) is 28.8 Å². The van der Waals surface area contributed by atoms with Crippen molar-refractivity contribution in [3.63, 3.8) is 0 Å². The zero-order valence-corrected chi connectivity index (χ0v) is 17.5. The largest absolute Gasteiger partial charge is 0.495 e. The van der Waals surface area contributed by atoms with Crippen LogP contribution in [0.15, 0.2) is 24.4 Å². The molecule has 31 heavy (non-hydrogen) atoms. The van der Waals surface area contributed by atoms with Crippen molar-refractivity contribution < 1.29 is 22.7 Å². The van der Waals surface area contributed by atoms with Crippen molar-refractivity contribution in [2.45, 2.75) is 25.1 Å². The SMILES string of the molecule is CNc1nc(Nc2ccc(C(=O)NC3CCN(C)CC3)cc2OC)ncc1C(F)(F)F. The third-order valence-electron chi connectivity index (χ3n) is 5.09. The van der Waals surface area contributed by atoms with Crippen molar-refractivity contribution in [1.29, 1.82) is 0 Å². The fourth-order valence-electron chi connectivity index (χ4n) is 3.32. The first kappa shape index (κ1) is 22.6. The Morgan fingerprint density at radius 3 is 2.58 bits per heavy atom. The number of ether oxygens (including phenoxy) is 1. The van der Waals surface area contributed by atoms with E-state index in [-0.39, 0.29) is 23.7 Å². The van der Waals surface area contributed by atoms with E-state index in [1.165, 1.54) is 14.2 Å². The average Bonchev–Trinajstić information content (AvgIpc) is 2.74. The van der Waals surface area contributed by atoms with Crippen molar-refractivity contribution in [2.75, 3.05) is 44.9 Å². The third-order valence-corrected chi connectivity index (χ3v) is 5.09. The molecule has 168 valence electrons. The van der Waals surface area contributed by atoms with Gasteiger partial charge in [0.25, 0.3) is 5.91 Å². The number of anilines is 3. The Kier molecular flexibility index (Phi) is 6.84. The Balaban J connectivity index is 1.75. The van der Waals surface area contributed by atoms with Crippen LogP contribution in [0.3, 0.4) is 0 Å². The number of nitrogens with one attached hydrogen (secondary N) is 3. The van der Waals surface area contributed by atoms with E-state index in [9.17, 15) is 18.0 Å². The van der Waals surface area contributed by atoms with Gasteiger partial charge in [-0.05, 0) is 51.2 Å². The van der Waals surface area contributed by atoms with Crippen LogP contribution in [0.4, 0.5) is 30.6 Å². The van der Waals surface area contributed by atoms with Crippen LogP contribution in [0, 0.1) is 0 Å². The van der Waals surface area contributed by atoms with Crippen molar-refractivity contribution >= 4 is 23.4 Å². The highest BCUT2D eigenvalue weighted by atomic mass is 19.4. The molecule has 1 aliphatic heterocycles. The summed E-state index contributed by atoms with van der Waals surface area (Å²) in [5, 5.41) is 8.29. The maximum Gasteiger partial charge on any atom is 0.421 e. The molecular formula is C20H25F3N6O2. The minimum absolute atomic E-state index is 0.0424. The van der Waals surface area contributed by atoms with E-state index in [2.05, 4.69) is 37.9 Å². The first-order valence-corrected chi connectivity index (χ1v) is 9.77. The summed E-state index contributed by atoms with van der Waals surface area (Å²) in [5.74, 6) is -0.259. The molecule has 0 unspecified atom stereocenters. The fraction of sp³-hybridized carbons (Fsp3) is 0.450. The number of nitrogens with zero attached hydrogens (tertiary/aromatic N) is 3. The average molecular weight is 438 g/mol. The van der Waals surface area contributed by atoms with E-state index in [1.54, 1.807) is 18.2 Å². The molecule has 1 saturated heterocycles. The number of halogens is 3. The predicted molar refractivity (Wildman–Crippen MR) is 111 cm³/mol. The van der Waals surface area contributed by atoms with Gasteiger partial charge in [0.15, 0.2) is 0 Å². The number of aromatic nitrogens is 2. The summed E-state index contributed by atoms with van der Waals surface area (Å²) in [7, 11) is 4.83. The molecule has 3 N–H and O–H groups in total. The van der Waals surface area contributed by atoms with Gasteiger partial charge in [0.1, 0.15) is 17.1 Å². The quantitative estimate of drug-likeness (QED) is 0.638. The second-order valence-electron chi connectivity index (χ2n) is 7.29. The number of alkyl halides is 3. The number of methoxy groups -OCH3 is 1. The first-order chi connectivity index (χ1) is 14.7. The lowest BCUT2D eigenvalue weighted by molar-refractivity contribution is -0.137. The van der Waals surface area contributed by atoms with Crippen LogP contribution < -0.4 is 20.7 Å². The summed E-state index contributed by atoms with van der Waals surface area (Å²) in [6, 6.07) is 4.89. The molecule has 0 aliphatic carbocycles. The van der Waals surface area contributed by atoms with Gasteiger partial charge in [-0.3, -0.25) is 4.79 Å². The molecule has 1 amide bonds. The van der Waals surface area contributed by atoms with Gasteiger partial charge in [0.05, 0.1) is 12.8 Å². The monoisotopic (exact) mass is 438 g/mol. The number of hydrogen-bond acceptors (Lipinski definition) is 7. The molecule has 1 aromatic carbocycles. The molecule has 8 nitrogen and oxygen atoms in total. The highest BCUT2D eigenvalue weighted by Crippen LogP contribution is 2.34. The molecule has 1 aliphatic rings. The first-order valence-electron chi connectivity index (χ1n) is 9.77. The van der Waals surface area contributed by atoms with Crippen molar-refractivity contribution in [1.82, 2.24) is 20.2 Å². The Hall–Kier alpha value is -3.08. The van der Waals surface area contributed by atoms with Gasteiger partial charge >= 0.3 is 6.18 Å². The molecule has 0 atom stereocenters. The summed E-state index contributed by atoms with van der Waals surface area (Å²) in [5.41, 5.74) is -0.126. The molecule has 3 rings (SSSR count). The number of piperidine rings is 1. The third kappa shape index (κ3) is 5.54. The van der Waals surface area contributed by atoms with Gasteiger partial charge in [0, 0.05) is 24.8 Å². The van der Waals surface area contributed by atoms with Crippen LogP contribution in [-0.4, -0.2) is 61.1 Å². The van der Waals surface area contributed by atoms with Gasteiger partial charge in [-0.15, -0.1) is 0 Å². The molecule has 2 heterocycles. The van der Waals surface area contributed by atoms with Crippen LogP contribution >= 0.6 is 0 Å². The summed E-state index contributed by atoms with van der Waals surface area (Å²) in [4.78, 5) is 22.4. The predicted octanol–water partition coefficient (Wildman–Crippen LogP) is 3.11. The Morgan fingerprint density at radius 2 is 1.97 bits per heavy atom. The normalized spacial score (nSPS) is 15.4. The van der Waals surface area contributed by atoms with Crippen LogP contribution in [-0.2, 0) is 6.18 Å². The number of hydrogen-bond donors (Lipinski definition) is 3. The number of carbonyl (C=O) groups is 1. The lowest BCUT2D eigenvalue weighted by Crippen LogP contribution is -2.43. The highest BCUT2D eigenvalue weighted by molar-refractivity contribution is 5.95. The van der Waals surface area contributed by atoms with Crippen molar-refractivity contribution in [3.05, 3.63) is 35.5 Å². The van der Waals surface area contributed by atoms with E-state index in [0.717, 1.165) is 25.9 Å². The Bertz CT molecular complexity index is 930. The van der Waals surface area contributed by atoms with Gasteiger partial charge in [-0.25, -0.2) is 4.98 Å². The second kappa shape index (κ2) is 9.38. The molecule has 0 radical (unpaired) electrons. The van der Waals surface area contributed by atoms with Crippen molar-refractivity contribution in [3.8, 4) is 5.75 Å². The van der Waals surface area contributed by atoms with E-state index in [0.29, 0.717) is 23.2 Å². The summed E-state index contributed by atoms with van der Waals surface area (Å²) in [6.07, 6.45) is -2.09. The summed E-state index contributed by atoms with van der Waals surface area (Å²) < 4.78 is 44.4. The number of amides is 1. The highest BCUT2D eigenvalue weighted by Gasteiger charge is 2.35. The van der Waals surface area contributed by atoms with E-state index < -0.39 is 11.7 Å². The van der Waals surface area contributed by atoms with Gasteiger partial charge in [-0.2, -0.15) is 18.2 Å². The molecule has 1 aromatic heterocycles. The van der Waals surface area contributed by atoms with Gasteiger partial charge < -0.3 is 25.6 Å². The zero-order valence-electron chi connectivity index (χ0n) is 17.5. The number of likely N-dealkylation sites (tertiary alicyclic amines) is 1. The van der Waals surface area contributed by atoms with Crippen LogP contribution in [0.5, 0.6) is 5.75 Å². The van der Waals surface area contributed by atoms with E-state index in [1.807, 2.05) is 0 Å². The molecule has 2 aromatic rings. The van der Waals surface area contributed by atoms with Crippen molar-refractivity contribution in [2.24, 2.45) is 0 Å². The molecule has 0 spiro atoms. The van der Waals surface area contributed by atoms with E-state index in [4.69, 9.17) is 4.74 Å². The summed E-state index contributed by atoms with van der Waals surface area (Å²) >= 11 is 0. The van der Waals surface area contributed by atoms with Crippen LogP contribution in [0.2, 0.25) is 0 Å². The lowest BCUT2D eigenvalue weighted by Gasteiger charge is -2.29. The Morgan fingerprint density at radius 1 is 1.26 bits per heavy atom. The molecule has 1 fully saturated rings. The zero-order chi connectivity index (χ0) is 22.6. The molecule has 0 saturated carbocycles. The number of rotatable bonds is 6. The minimum atomic E-state index is -4.57. The maximum atomic E-state index is 13.0. The lowest BCUT2D eigenvalue weighted by atomic mass is 10.0. The molecule has 11 heteroatoms. The van der Waals surface area contributed by atoms with Gasteiger partial charge in [-0.1, -0.05) is 0 Å². The maximum absolute atomic E-state index is 13.0. The molecule has 0 bridgehead atoms. The standard InChI is InChI=1S/C20H25F3N6O2/c1-24-17-14(20(21,22)23)11-25-19(28-17)27-15-5-4-12(10-16(15)31-3)18(30)26-13-6-8-29(2)9-7-13/h4-5,10-11,13H,6-9H2,1-3H3,(H,26,30)(H2,24,25,27,28). The topological polar surface area (TPSA) is 91.4 Å². The number of carbonyl (C=O) groups excluding carboxylic acids is 1. The smallest absolute Gasteiger partial charge is 0.421 e. The summed E-state index contributed by atoms with van der Waals surface area (Å²) in [6.45, 7) is 1.86. The minimum Gasteiger partial charge on any atom is -0.495 e. The number of benzene rings is 1. The van der Waals surface area contributed by atoms with Crippen LogP contribution in [0.25, 0.3) is 0 Å². The van der Waals surface area contributed by atoms with Gasteiger partial charge in [0.2, 0.25) is 5.95 Å². The Labute approximate surface area is 178 Å². The molecular weight excluding hydrogens is 413 g/mol.